The van der Waals surface area contributed by atoms with Gasteiger partial charge in [-0.15, -0.1) is 0 Å². The first-order valence-corrected chi connectivity index (χ1v) is 17.1. The average molecular weight is 733 g/mol. The topological polar surface area (TPSA) is 128 Å². The van der Waals surface area contributed by atoms with E-state index < -0.39 is 15.9 Å². The lowest BCUT2D eigenvalue weighted by molar-refractivity contribution is -0.777. The maximum Gasteiger partial charge on any atom is 0.374 e. The Labute approximate surface area is 260 Å². The fourth-order valence-electron chi connectivity index (χ4n) is 4.42. The van der Waals surface area contributed by atoms with Crippen molar-refractivity contribution in [2.24, 2.45) is 0 Å². The zero-order valence-electron chi connectivity index (χ0n) is 22.2. The van der Waals surface area contributed by atoms with E-state index in [1.54, 1.807) is 0 Å². The number of anilines is 1. The number of oxazole rings is 1. The molecule has 0 saturated carbocycles. The number of hydrogen-bond acceptors (Lipinski definition) is 10. The van der Waals surface area contributed by atoms with E-state index in [9.17, 15) is 18.2 Å². The average Bonchev–Trinajstić information content (AvgIpc) is 3.43. The van der Waals surface area contributed by atoms with Crippen molar-refractivity contribution < 1.29 is 41.3 Å². The van der Waals surface area contributed by atoms with Crippen LogP contribution in [0.15, 0.2) is 67.3 Å². The number of ether oxygens (including phenoxy) is 1. The second-order valence-corrected chi connectivity index (χ2v) is 13.4. The summed E-state index contributed by atoms with van der Waals surface area (Å²) in [7, 11) is -4.26. The highest BCUT2D eigenvalue weighted by molar-refractivity contribution is 9.10. The van der Waals surface area contributed by atoms with Crippen LogP contribution in [0.2, 0.25) is 0 Å². The van der Waals surface area contributed by atoms with Crippen molar-refractivity contribution in [2.45, 2.75) is 45.6 Å². The predicted molar refractivity (Wildman–Crippen MR) is 160 cm³/mol. The molecule has 0 N–H and O–H groups in total. The minimum absolute atomic E-state index is 0.262. The van der Waals surface area contributed by atoms with Gasteiger partial charge in [-0.3, -0.25) is 5.04 Å². The Bertz CT molecular complexity index is 1520. The van der Waals surface area contributed by atoms with Crippen LogP contribution in [-0.4, -0.2) is 31.0 Å². The van der Waals surface area contributed by atoms with Crippen molar-refractivity contribution in [3.8, 4) is 5.75 Å². The predicted octanol–water partition coefficient (Wildman–Crippen LogP) is 5.76. The zero-order valence-corrected chi connectivity index (χ0v) is 27.0. The molecule has 1 aromatic heterocycles. The Balaban J connectivity index is 1.61. The molecule has 0 bridgehead atoms. The van der Waals surface area contributed by atoms with Crippen LogP contribution in [0.25, 0.3) is 17.2 Å². The van der Waals surface area contributed by atoms with Gasteiger partial charge >= 0.3 is 5.89 Å². The Hall–Kier alpha value is -1.91. The summed E-state index contributed by atoms with van der Waals surface area (Å²) in [6.45, 7) is 3.22. The standard InChI is InChI=1S/C27H30Br2N2O8S2/c1-2-19(15-26-30(11-3-5-13-40-39-38-32)22-17-20(28)7-9-24(22)36-26)16-27-31(12-4-6-14-41(33,34)35)23-18-21(29)8-10-25(23)37-27/h7-10,15-18H,2-6,11-14H2,1H3,(H-,32,33,34,35)/p-1. The minimum Gasteiger partial charge on any atom is -0.748 e. The minimum atomic E-state index is -4.26. The molecule has 0 radical (unpaired) electrons. The number of aromatic nitrogens is 1. The number of unbranched alkanes of at least 4 members (excludes halogenated alkanes) is 2. The molecule has 1 aliphatic heterocycles. The second kappa shape index (κ2) is 15.0. The van der Waals surface area contributed by atoms with E-state index in [2.05, 4.69) is 46.1 Å². The molecule has 3 aromatic rings. The molecule has 0 fully saturated rings. The molecule has 14 heteroatoms. The fraction of sp³-hybridized carbons (Fsp3) is 0.370. The number of fused-ring (bicyclic) bond motifs is 2. The lowest BCUT2D eigenvalue weighted by atomic mass is 10.1. The van der Waals surface area contributed by atoms with Crippen molar-refractivity contribution in [2.75, 3.05) is 23.0 Å². The van der Waals surface area contributed by atoms with Crippen LogP contribution < -0.4 is 19.5 Å². The summed E-state index contributed by atoms with van der Waals surface area (Å²) in [6, 6.07) is 11.6. The smallest absolute Gasteiger partial charge is 0.374 e. The van der Waals surface area contributed by atoms with Crippen LogP contribution in [0, 0.1) is 0 Å². The lowest BCUT2D eigenvalue weighted by Gasteiger charge is -2.19. The molecule has 0 spiro atoms. The van der Waals surface area contributed by atoms with Gasteiger partial charge in [-0.25, -0.2) is 8.42 Å². The SMILES string of the molecule is CCC(/C=C1\Oc2ccc(Br)cc2N1CCCCSOO[O-])=C\c1oc2ccc(Br)cc2[n+]1CCCCS(=O)(=O)[O-]. The third-order valence-corrected chi connectivity index (χ3v) is 8.75. The molecule has 4 rings (SSSR count). The number of halogens is 2. The van der Waals surface area contributed by atoms with E-state index >= 15 is 0 Å². The number of nitrogens with zero attached hydrogens (tertiary/aromatic N) is 2. The summed E-state index contributed by atoms with van der Waals surface area (Å²) >= 11 is 8.04. The van der Waals surface area contributed by atoms with E-state index in [0.717, 1.165) is 56.4 Å². The van der Waals surface area contributed by atoms with Crippen LogP contribution in [0.3, 0.4) is 0 Å². The number of hydrogen-bond donors (Lipinski definition) is 0. The highest BCUT2D eigenvalue weighted by Gasteiger charge is 2.27. The quantitative estimate of drug-likeness (QED) is 0.0476. The van der Waals surface area contributed by atoms with Crippen LogP contribution in [0.1, 0.15) is 44.9 Å². The van der Waals surface area contributed by atoms with Crippen LogP contribution in [-0.2, 0) is 26.0 Å². The Morgan fingerprint density at radius 2 is 1.90 bits per heavy atom. The Morgan fingerprint density at radius 1 is 1.12 bits per heavy atom. The van der Waals surface area contributed by atoms with Crippen molar-refractivity contribution in [1.29, 1.82) is 0 Å². The van der Waals surface area contributed by atoms with Gasteiger partial charge in [0.25, 0.3) is 5.52 Å². The maximum absolute atomic E-state index is 11.1. The number of rotatable bonds is 15. The zero-order chi connectivity index (χ0) is 29.4. The highest BCUT2D eigenvalue weighted by atomic mass is 79.9. The summed E-state index contributed by atoms with van der Waals surface area (Å²) in [5.41, 5.74) is 3.46. The van der Waals surface area contributed by atoms with Crippen molar-refractivity contribution in [1.82, 2.24) is 0 Å². The third-order valence-electron chi connectivity index (χ3n) is 6.37. The molecule has 0 amide bonds. The van der Waals surface area contributed by atoms with Gasteiger partial charge in [0.1, 0.15) is 0 Å². The first-order valence-electron chi connectivity index (χ1n) is 13.0. The molecule has 222 valence electrons. The molecule has 2 aromatic carbocycles. The molecule has 0 saturated heterocycles. The summed E-state index contributed by atoms with van der Waals surface area (Å²) < 4.78 is 53.9. The molecule has 1 aliphatic rings. The molecule has 2 heterocycles. The van der Waals surface area contributed by atoms with Gasteiger partial charge in [0.15, 0.2) is 12.3 Å². The van der Waals surface area contributed by atoms with Gasteiger partial charge < -0.3 is 23.9 Å². The fourth-order valence-corrected chi connectivity index (χ4v) is 6.11. The monoisotopic (exact) mass is 731 g/mol. The molecule has 0 aliphatic carbocycles. The molecule has 0 unspecified atom stereocenters. The first-order chi connectivity index (χ1) is 19.7. The van der Waals surface area contributed by atoms with E-state index in [1.165, 1.54) is 0 Å². The summed E-state index contributed by atoms with van der Waals surface area (Å²) in [5, 5.41) is 13.4. The van der Waals surface area contributed by atoms with Gasteiger partial charge in [-0.1, -0.05) is 38.8 Å². The van der Waals surface area contributed by atoms with E-state index in [4.69, 9.17) is 9.15 Å². The van der Waals surface area contributed by atoms with Gasteiger partial charge in [-0.2, -0.15) is 8.90 Å². The van der Waals surface area contributed by atoms with Gasteiger partial charge in [-0.05, 0) is 61.6 Å². The second-order valence-electron chi connectivity index (χ2n) is 9.26. The highest BCUT2D eigenvalue weighted by Crippen LogP contribution is 2.41. The van der Waals surface area contributed by atoms with E-state index in [1.807, 2.05) is 60.0 Å². The molecular formula is C27H29Br2N2O8S2-. The van der Waals surface area contributed by atoms with E-state index in [-0.39, 0.29) is 6.42 Å². The Kier molecular flexibility index (Phi) is 11.7. The summed E-state index contributed by atoms with van der Waals surface area (Å²) in [6.07, 6.45) is 7.04. The van der Waals surface area contributed by atoms with Crippen LogP contribution >= 0.6 is 43.9 Å². The normalized spacial score (nSPS) is 14.7. The van der Waals surface area contributed by atoms with Gasteiger partial charge in [0.2, 0.25) is 11.5 Å². The Morgan fingerprint density at radius 3 is 2.66 bits per heavy atom. The van der Waals surface area contributed by atoms with Crippen LogP contribution in [0.5, 0.6) is 5.75 Å². The largest absolute Gasteiger partial charge is 0.748 e. The van der Waals surface area contributed by atoms with Crippen LogP contribution in [0.4, 0.5) is 5.69 Å². The molecule has 41 heavy (non-hydrogen) atoms. The lowest BCUT2D eigenvalue weighted by Crippen LogP contribution is -2.35. The van der Waals surface area contributed by atoms with Crippen molar-refractivity contribution in [3.63, 3.8) is 0 Å². The number of aryl methyl sites for hydroxylation is 1. The maximum atomic E-state index is 11.1. The van der Waals surface area contributed by atoms with Crippen molar-refractivity contribution >= 4 is 76.9 Å². The number of benzene rings is 2. The number of allylic oxidation sites excluding steroid dienone is 2. The molecular weight excluding hydrogens is 704 g/mol. The first kappa shape index (κ1) is 32.0. The summed E-state index contributed by atoms with van der Waals surface area (Å²) in [4.78, 5) is 2.12. The molecule has 10 nitrogen and oxygen atoms in total. The third kappa shape index (κ3) is 9.04. The van der Waals surface area contributed by atoms with E-state index in [0.29, 0.717) is 49.0 Å². The summed E-state index contributed by atoms with van der Waals surface area (Å²) in [5.74, 6) is 2.27. The van der Waals surface area contributed by atoms with Gasteiger partial charge in [0.05, 0.1) is 21.9 Å². The van der Waals surface area contributed by atoms with Gasteiger partial charge in [0, 0.05) is 57.6 Å². The molecule has 0 atom stereocenters. The van der Waals surface area contributed by atoms with Crippen molar-refractivity contribution in [3.05, 3.63) is 68.8 Å².